The molecule has 3 rings (SSSR count). The molecule has 0 spiro atoms. The molecule has 3 aromatic carbocycles. The van der Waals surface area contributed by atoms with Crippen LogP contribution < -0.4 is 5.32 Å². The summed E-state index contributed by atoms with van der Waals surface area (Å²) < 4.78 is 0.980. The summed E-state index contributed by atoms with van der Waals surface area (Å²) in [6.07, 6.45) is 1.44. The van der Waals surface area contributed by atoms with Gasteiger partial charge in [0.15, 0.2) is 0 Å². The van der Waals surface area contributed by atoms with Gasteiger partial charge in [0.2, 0.25) is 11.8 Å². The molecule has 0 aliphatic rings. The Hall–Kier alpha value is -2.92. The number of halogens is 1. The van der Waals surface area contributed by atoms with Gasteiger partial charge in [0.05, 0.1) is 0 Å². The van der Waals surface area contributed by atoms with Crippen LogP contribution in [0.4, 0.5) is 0 Å². The van der Waals surface area contributed by atoms with Crippen molar-refractivity contribution in [1.29, 1.82) is 0 Å². The van der Waals surface area contributed by atoms with Gasteiger partial charge in [-0.25, -0.2) is 0 Å². The molecule has 202 valence electrons. The minimum Gasteiger partial charge on any atom is -0.354 e. The van der Waals surface area contributed by atoms with E-state index in [4.69, 9.17) is 0 Å². The molecule has 0 saturated heterocycles. The molecule has 38 heavy (non-hydrogen) atoms. The van der Waals surface area contributed by atoms with Gasteiger partial charge in [-0.3, -0.25) is 9.59 Å². The van der Waals surface area contributed by atoms with E-state index >= 15 is 0 Å². The summed E-state index contributed by atoms with van der Waals surface area (Å²) in [5.74, 6) is 0.194. The molecule has 2 amide bonds. The molecule has 0 radical (unpaired) electrons. The maximum absolute atomic E-state index is 13.8. The normalized spacial score (nSPS) is 12.3. The second-order valence-electron chi connectivity index (χ2n) is 11.4. The largest absolute Gasteiger partial charge is 0.354 e. The zero-order chi connectivity index (χ0) is 27.7. The highest BCUT2D eigenvalue weighted by molar-refractivity contribution is 9.10. The number of nitrogens with zero attached hydrogens (tertiary/aromatic N) is 1. The summed E-state index contributed by atoms with van der Waals surface area (Å²) in [5, 5.41) is 3.09. The number of carbonyl (C=O) groups is 2. The molecule has 1 N–H and O–H groups in total. The maximum atomic E-state index is 13.8. The Kier molecular flexibility index (Phi) is 10.7. The average Bonchev–Trinajstić information content (AvgIpc) is 2.89. The van der Waals surface area contributed by atoms with Gasteiger partial charge >= 0.3 is 0 Å². The van der Waals surface area contributed by atoms with Gasteiger partial charge in [0, 0.05) is 30.4 Å². The summed E-state index contributed by atoms with van der Waals surface area (Å²) in [6.45, 7) is 11.7. The lowest BCUT2D eigenvalue weighted by Crippen LogP contribution is -2.51. The number of amides is 2. The first kappa shape index (κ1) is 29.6. The molecule has 0 aliphatic carbocycles. The Labute approximate surface area is 237 Å². The average molecular weight is 578 g/mol. The number of nitrogens with one attached hydrogen (secondary N) is 1. The van der Waals surface area contributed by atoms with Crippen molar-refractivity contribution >= 4 is 27.7 Å². The van der Waals surface area contributed by atoms with Gasteiger partial charge in [-0.05, 0) is 52.1 Å². The van der Waals surface area contributed by atoms with Gasteiger partial charge in [-0.1, -0.05) is 117 Å². The van der Waals surface area contributed by atoms with Crippen molar-refractivity contribution in [3.8, 4) is 0 Å². The quantitative estimate of drug-likeness (QED) is 0.265. The minimum absolute atomic E-state index is 0.0200. The van der Waals surface area contributed by atoms with E-state index in [1.54, 1.807) is 4.90 Å². The van der Waals surface area contributed by atoms with Crippen LogP contribution in [0.1, 0.15) is 63.3 Å². The van der Waals surface area contributed by atoms with E-state index < -0.39 is 6.04 Å². The Morgan fingerprint density at radius 3 is 2.03 bits per heavy atom. The second kappa shape index (κ2) is 13.7. The fraction of sp³-hybridized carbons (Fsp3) is 0.394. The van der Waals surface area contributed by atoms with E-state index in [1.807, 2.05) is 54.6 Å². The lowest BCUT2D eigenvalue weighted by molar-refractivity contribution is -0.141. The van der Waals surface area contributed by atoms with Crippen LogP contribution in [0.3, 0.4) is 0 Å². The summed E-state index contributed by atoms with van der Waals surface area (Å²) in [6, 6.07) is 25.8. The molecule has 0 saturated carbocycles. The van der Waals surface area contributed by atoms with E-state index in [1.165, 1.54) is 5.56 Å². The van der Waals surface area contributed by atoms with Crippen LogP contribution in [-0.2, 0) is 34.4 Å². The molecule has 5 heteroatoms. The summed E-state index contributed by atoms with van der Waals surface area (Å²) in [5.41, 5.74) is 4.51. The molecular formula is C33H41BrN2O2. The smallest absolute Gasteiger partial charge is 0.243 e. The highest BCUT2D eigenvalue weighted by Gasteiger charge is 2.30. The van der Waals surface area contributed by atoms with Crippen molar-refractivity contribution in [1.82, 2.24) is 10.2 Å². The minimum atomic E-state index is -0.601. The first-order valence-corrected chi connectivity index (χ1v) is 14.3. The Balaban J connectivity index is 1.87. The van der Waals surface area contributed by atoms with Crippen molar-refractivity contribution in [2.24, 2.45) is 5.92 Å². The standard InChI is InChI=1S/C33H41BrN2O2/c1-24(2)22-35-32(38)30(21-26-9-7-6-8-10-26)36(23-27-13-18-29(34)19-14-27)31(37)20-15-25-11-16-28(17-12-25)33(3,4)5/h6-14,16-19,24,30H,15,20-23H2,1-5H3,(H,35,38). The SMILES string of the molecule is CC(C)CNC(=O)C(Cc1ccccc1)N(Cc1ccc(Br)cc1)C(=O)CCc1ccc(C(C)(C)C)cc1. The van der Waals surface area contributed by atoms with Gasteiger partial charge in [-0.2, -0.15) is 0 Å². The zero-order valence-electron chi connectivity index (χ0n) is 23.3. The third kappa shape index (κ3) is 9.13. The summed E-state index contributed by atoms with van der Waals surface area (Å²) in [4.78, 5) is 29.1. The van der Waals surface area contributed by atoms with E-state index in [-0.39, 0.29) is 17.2 Å². The topological polar surface area (TPSA) is 49.4 Å². The number of hydrogen-bond donors (Lipinski definition) is 1. The number of hydrogen-bond acceptors (Lipinski definition) is 2. The molecule has 0 fully saturated rings. The van der Waals surface area contributed by atoms with Gasteiger partial charge in [0.25, 0.3) is 0 Å². The predicted octanol–water partition coefficient (Wildman–Crippen LogP) is 7.09. The van der Waals surface area contributed by atoms with Crippen LogP contribution in [0.2, 0.25) is 0 Å². The zero-order valence-corrected chi connectivity index (χ0v) is 24.9. The number of carbonyl (C=O) groups excluding carboxylic acids is 2. The van der Waals surface area contributed by atoms with Crippen LogP contribution >= 0.6 is 15.9 Å². The summed E-state index contributed by atoms with van der Waals surface area (Å²) in [7, 11) is 0. The number of rotatable bonds is 11. The van der Waals surface area contributed by atoms with Gasteiger partial charge in [-0.15, -0.1) is 0 Å². The highest BCUT2D eigenvalue weighted by Crippen LogP contribution is 2.23. The van der Waals surface area contributed by atoms with E-state index in [0.29, 0.717) is 38.3 Å². The van der Waals surface area contributed by atoms with Crippen LogP contribution in [-0.4, -0.2) is 29.3 Å². The molecule has 1 unspecified atom stereocenters. The second-order valence-corrected chi connectivity index (χ2v) is 12.4. The van der Waals surface area contributed by atoms with Crippen molar-refractivity contribution < 1.29 is 9.59 Å². The van der Waals surface area contributed by atoms with Crippen molar-refractivity contribution in [3.05, 3.63) is 106 Å². The Morgan fingerprint density at radius 1 is 0.842 bits per heavy atom. The van der Waals surface area contributed by atoms with E-state index in [9.17, 15) is 9.59 Å². The fourth-order valence-electron chi connectivity index (χ4n) is 4.33. The fourth-order valence-corrected chi connectivity index (χ4v) is 4.59. The van der Waals surface area contributed by atoms with Gasteiger partial charge < -0.3 is 10.2 Å². The molecule has 0 aromatic heterocycles. The predicted molar refractivity (Wildman–Crippen MR) is 160 cm³/mol. The summed E-state index contributed by atoms with van der Waals surface area (Å²) >= 11 is 3.49. The maximum Gasteiger partial charge on any atom is 0.243 e. The van der Waals surface area contributed by atoms with Crippen LogP contribution in [0, 0.1) is 5.92 Å². The van der Waals surface area contributed by atoms with Crippen LogP contribution in [0.25, 0.3) is 0 Å². The number of aryl methyl sites for hydroxylation is 1. The lowest BCUT2D eigenvalue weighted by atomic mass is 9.86. The van der Waals surface area contributed by atoms with Crippen molar-refractivity contribution in [3.63, 3.8) is 0 Å². The van der Waals surface area contributed by atoms with E-state index in [2.05, 4.69) is 80.1 Å². The molecule has 0 heterocycles. The third-order valence-corrected chi connectivity index (χ3v) is 7.20. The molecule has 3 aromatic rings. The Morgan fingerprint density at radius 2 is 1.45 bits per heavy atom. The van der Waals surface area contributed by atoms with Crippen molar-refractivity contribution in [2.45, 2.75) is 71.9 Å². The molecule has 4 nitrogen and oxygen atoms in total. The highest BCUT2D eigenvalue weighted by atomic mass is 79.9. The molecular weight excluding hydrogens is 536 g/mol. The third-order valence-electron chi connectivity index (χ3n) is 6.67. The van der Waals surface area contributed by atoms with E-state index in [0.717, 1.165) is 21.2 Å². The van der Waals surface area contributed by atoms with Crippen molar-refractivity contribution in [2.75, 3.05) is 6.54 Å². The number of benzene rings is 3. The van der Waals surface area contributed by atoms with Crippen LogP contribution in [0.5, 0.6) is 0 Å². The molecule has 0 aliphatic heterocycles. The monoisotopic (exact) mass is 576 g/mol. The van der Waals surface area contributed by atoms with Gasteiger partial charge in [0.1, 0.15) is 6.04 Å². The lowest BCUT2D eigenvalue weighted by Gasteiger charge is -2.32. The molecule has 0 bridgehead atoms. The first-order valence-electron chi connectivity index (χ1n) is 13.5. The van der Waals surface area contributed by atoms with Crippen LogP contribution in [0.15, 0.2) is 83.3 Å². The molecule has 1 atom stereocenters. The Bertz CT molecular complexity index is 1170. The first-order chi connectivity index (χ1) is 18.0.